The highest BCUT2D eigenvalue weighted by atomic mass is 14.9. The first kappa shape index (κ1) is 6.81. The molecular weight excluding hydrogens is 110 g/mol. The Kier molecular flexibility index (Phi) is 2.29. The summed E-state index contributed by atoms with van der Waals surface area (Å²) in [7, 11) is 0. The van der Waals surface area contributed by atoms with Crippen LogP contribution in [0.2, 0.25) is 0 Å². The lowest BCUT2D eigenvalue weighted by Crippen LogP contribution is -2.39. The highest BCUT2D eigenvalue weighted by Gasteiger charge is 2.23. The molecule has 0 heterocycles. The van der Waals surface area contributed by atoms with Gasteiger partial charge in [-0.2, -0.15) is 0 Å². The fraction of sp³-hybridized carbons (Fsp3) is 0.750. The molecule has 1 N–H and O–H groups in total. The molecule has 52 valence electrons. The average molecular weight is 125 g/mol. The number of nitrogens with one attached hydrogen (secondary N) is 1. The molecule has 0 bridgehead atoms. The van der Waals surface area contributed by atoms with Crippen molar-refractivity contribution < 1.29 is 0 Å². The summed E-state index contributed by atoms with van der Waals surface area (Å²) in [5, 5.41) is 3.38. The van der Waals surface area contributed by atoms with Crippen molar-refractivity contribution in [3.63, 3.8) is 0 Å². The molecular formula is C8H15N. The first-order valence-electron chi connectivity index (χ1n) is 3.67. The highest BCUT2D eigenvalue weighted by molar-refractivity contribution is 4.84. The Labute approximate surface area is 57.1 Å². The van der Waals surface area contributed by atoms with Gasteiger partial charge in [0.2, 0.25) is 0 Å². The third kappa shape index (κ3) is 1.83. The molecule has 0 aromatic heterocycles. The molecule has 0 aliphatic heterocycles. The van der Waals surface area contributed by atoms with E-state index < -0.39 is 0 Å². The Hall–Kier alpha value is -0.300. The van der Waals surface area contributed by atoms with Gasteiger partial charge in [0, 0.05) is 12.6 Å². The van der Waals surface area contributed by atoms with Gasteiger partial charge < -0.3 is 5.32 Å². The van der Waals surface area contributed by atoms with E-state index in [1.165, 1.54) is 12.8 Å². The van der Waals surface area contributed by atoms with Crippen LogP contribution in [-0.4, -0.2) is 12.6 Å². The monoisotopic (exact) mass is 125 g/mol. The molecule has 1 fully saturated rings. The van der Waals surface area contributed by atoms with E-state index in [9.17, 15) is 0 Å². The highest BCUT2D eigenvalue weighted by Crippen LogP contribution is 2.25. The van der Waals surface area contributed by atoms with Crippen LogP contribution in [0.5, 0.6) is 0 Å². The Balaban J connectivity index is 1.97. The van der Waals surface area contributed by atoms with Crippen molar-refractivity contribution in [3.05, 3.63) is 12.7 Å². The first-order chi connectivity index (χ1) is 4.33. The topological polar surface area (TPSA) is 12.0 Å². The molecule has 0 saturated heterocycles. The summed E-state index contributed by atoms with van der Waals surface area (Å²) in [4.78, 5) is 0. The van der Waals surface area contributed by atoms with Crippen LogP contribution in [0.3, 0.4) is 0 Å². The van der Waals surface area contributed by atoms with Crippen LogP contribution in [0.1, 0.15) is 19.8 Å². The van der Waals surface area contributed by atoms with Crippen molar-refractivity contribution in [2.75, 3.05) is 6.54 Å². The van der Waals surface area contributed by atoms with Crippen LogP contribution in [0, 0.1) is 5.92 Å². The summed E-state index contributed by atoms with van der Waals surface area (Å²) >= 11 is 0. The van der Waals surface area contributed by atoms with E-state index in [0.29, 0.717) is 0 Å². The van der Waals surface area contributed by atoms with Crippen LogP contribution >= 0.6 is 0 Å². The fourth-order valence-electron chi connectivity index (χ4n) is 1.32. The quantitative estimate of drug-likeness (QED) is 0.564. The number of hydrogen-bond donors (Lipinski definition) is 1. The smallest absolute Gasteiger partial charge is 0.0134 e. The maximum Gasteiger partial charge on any atom is 0.0134 e. The van der Waals surface area contributed by atoms with Gasteiger partial charge in [-0.15, -0.1) is 6.58 Å². The SMILES string of the molecule is C=CCNC1CC(C)C1. The van der Waals surface area contributed by atoms with Crippen LogP contribution < -0.4 is 5.32 Å². The van der Waals surface area contributed by atoms with Crippen molar-refractivity contribution >= 4 is 0 Å². The summed E-state index contributed by atoms with van der Waals surface area (Å²) in [6, 6.07) is 0.790. The van der Waals surface area contributed by atoms with E-state index >= 15 is 0 Å². The molecule has 1 aliphatic rings. The lowest BCUT2D eigenvalue weighted by atomic mass is 9.82. The van der Waals surface area contributed by atoms with Crippen molar-refractivity contribution in [1.82, 2.24) is 5.32 Å². The third-order valence-corrected chi connectivity index (χ3v) is 1.92. The Morgan fingerprint density at radius 3 is 2.78 bits per heavy atom. The van der Waals surface area contributed by atoms with Gasteiger partial charge in [-0.1, -0.05) is 13.0 Å². The minimum atomic E-state index is 0.790. The van der Waals surface area contributed by atoms with Gasteiger partial charge in [0.1, 0.15) is 0 Å². The molecule has 0 spiro atoms. The zero-order chi connectivity index (χ0) is 6.69. The normalized spacial score (nSPS) is 33.4. The van der Waals surface area contributed by atoms with Crippen LogP contribution in [0.4, 0.5) is 0 Å². The van der Waals surface area contributed by atoms with E-state index in [1.54, 1.807) is 0 Å². The first-order valence-corrected chi connectivity index (χ1v) is 3.67. The number of hydrogen-bond acceptors (Lipinski definition) is 1. The van der Waals surface area contributed by atoms with E-state index in [2.05, 4.69) is 18.8 Å². The Morgan fingerprint density at radius 1 is 1.67 bits per heavy atom. The van der Waals surface area contributed by atoms with Crippen LogP contribution in [0.25, 0.3) is 0 Å². The molecule has 0 aromatic carbocycles. The molecule has 0 amide bonds. The minimum Gasteiger partial charge on any atom is -0.311 e. The maximum absolute atomic E-state index is 3.65. The minimum absolute atomic E-state index is 0.790. The molecule has 1 rings (SSSR count). The number of rotatable bonds is 3. The van der Waals surface area contributed by atoms with Gasteiger partial charge in [-0.25, -0.2) is 0 Å². The Morgan fingerprint density at radius 2 is 2.33 bits per heavy atom. The molecule has 0 atom stereocenters. The van der Waals surface area contributed by atoms with Gasteiger partial charge in [0.25, 0.3) is 0 Å². The van der Waals surface area contributed by atoms with E-state index in [0.717, 1.165) is 18.5 Å². The van der Waals surface area contributed by atoms with E-state index in [-0.39, 0.29) is 0 Å². The predicted molar refractivity (Wildman–Crippen MR) is 40.4 cm³/mol. The molecule has 1 saturated carbocycles. The van der Waals surface area contributed by atoms with E-state index in [1.807, 2.05) is 6.08 Å². The Bertz CT molecular complexity index is 92.7. The summed E-state index contributed by atoms with van der Waals surface area (Å²) < 4.78 is 0. The predicted octanol–water partition coefficient (Wildman–Crippen LogP) is 1.56. The standard InChI is InChI=1S/C8H15N/c1-3-4-9-8-5-7(2)6-8/h3,7-9H,1,4-6H2,2H3. The average Bonchev–Trinajstić information content (AvgIpc) is 1.78. The molecule has 1 aliphatic carbocycles. The van der Waals surface area contributed by atoms with E-state index in [4.69, 9.17) is 0 Å². The van der Waals surface area contributed by atoms with Crippen molar-refractivity contribution in [2.45, 2.75) is 25.8 Å². The largest absolute Gasteiger partial charge is 0.311 e. The summed E-state index contributed by atoms with van der Waals surface area (Å²) in [5.74, 6) is 0.951. The summed E-state index contributed by atoms with van der Waals surface area (Å²) in [6.07, 6.45) is 4.63. The molecule has 0 unspecified atom stereocenters. The molecule has 1 heteroatoms. The van der Waals surface area contributed by atoms with Gasteiger partial charge >= 0.3 is 0 Å². The molecule has 1 nitrogen and oxygen atoms in total. The zero-order valence-corrected chi connectivity index (χ0v) is 6.06. The van der Waals surface area contributed by atoms with Crippen LogP contribution in [-0.2, 0) is 0 Å². The lowest BCUT2D eigenvalue weighted by Gasteiger charge is -2.33. The maximum atomic E-state index is 3.65. The zero-order valence-electron chi connectivity index (χ0n) is 6.06. The van der Waals surface area contributed by atoms with Gasteiger partial charge in [0.05, 0.1) is 0 Å². The van der Waals surface area contributed by atoms with Crippen LogP contribution in [0.15, 0.2) is 12.7 Å². The molecule has 0 aromatic rings. The lowest BCUT2D eigenvalue weighted by molar-refractivity contribution is 0.248. The van der Waals surface area contributed by atoms with Gasteiger partial charge in [0.15, 0.2) is 0 Å². The fourth-order valence-corrected chi connectivity index (χ4v) is 1.32. The second-order valence-electron chi connectivity index (χ2n) is 2.97. The summed E-state index contributed by atoms with van der Waals surface area (Å²) in [6.45, 7) is 6.91. The van der Waals surface area contributed by atoms with Crippen molar-refractivity contribution in [2.24, 2.45) is 5.92 Å². The van der Waals surface area contributed by atoms with Gasteiger partial charge in [-0.3, -0.25) is 0 Å². The second-order valence-corrected chi connectivity index (χ2v) is 2.97. The molecule has 0 radical (unpaired) electrons. The third-order valence-electron chi connectivity index (χ3n) is 1.92. The molecule has 9 heavy (non-hydrogen) atoms. The van der Waals surface area contributed by atoms with Gasteiger partial charge in [-0.05, 0) is 18.8 Å². The van der Waals surface area contributed by atoms with Crippen molar-refractivity contribution in [1.29, 1.82) is 0 Å². The second kappa shape index (κ2) is 3.02. The summed E-state index contributed by atoms with van der Waals surface area (Å²) in [5.41, 5.74) is 0. The van der Waals surface area contributed by atoms with Crippen molar-refractivity contribution in [3.8, 4) is 0 Å².